The Bertz CT molecular complexity index is 1380. The summed E-state index contributed by atoms with van der Waals surface area (Å²) >= 11 is 0. The summed E-state index contributed by atoms with van der Waals surface area (Å²) in [7, 11) is -2.99. The van der Waals surface area contributed by atoms with E-state index in [1.807, 2.05) is 0 Å². The smallest absolute Gasteiger partial charge is 0.459 e. The number of halogens is 1. The van der Waals surface area contributed by atoms with Gasteiger partial charge < -0.3 is 34.7 Å². The predicted octanol–water partition coefficient (Wildman–Crippen LogP) is 1.57. The van der Waals surface area contributed by atoms with Gasteiger partial charge in [0.25, 0.3) is 0 Å². The number of aliphatic hydroxyl groups excluding tert-OH is 2. The van der Waals surface area contributed by atoms with Gasteiger partial charge in [-0.25, -0.2) is 18.5 Å². The molecule has 224 valence electrons. The number of nitrogens with zero attached hydrogens (tertiary/aromatic N) is 3. The number of methoxy groups -OCH3 is 1. The van der Waals surface area contributed by atoms with Crippen LogP contribution in [0.3, 0.4) is 0 Å². The number of nitrogen functional groups attached to an aromatic ring is 1. The molecule has 0 unspecified atom stereocenters. The quantitative estimate of drug-likeness (QED) is 0.164. The average molecular weight is 598 g/mol. The highest BCUT2D eigenvalue weighted by Gasteiger charge is 2.57. The fourth-order valence-electron chi connectivity index (χ4n) is 4.15. The number of fused-ring (bicyclic) bond motifs is 1. The Morgan fingerprint density at radius 3 is 2.68 bits per heavy atom. The third kappa shape index (κ3) is 6.67. The lowest BCUT2D eigenvalue weighted by Gasteiger charge is -2.31. The van der Waals surface area contributed by atoms with Crippen LogP contribution in [0.5, 0.6) is 5.75 Å². The van der Waals surface area contributed by atoms with E-state index in [0.717, 1.165) is 0 Å². The monoisotopic (exact) mass is 597 g/mol. The Morgan fingerprint density at radius 1 is 1.27 bits per heavy atom. The van der Waals surface area contributed by atoms with E-state index in [-0.39, 0.29) is 30.0 Å². The normalized spacial score (nSPS) is 25.5. The van der Waals surface area contributed by atoms with Gasteiger partial charge in [-0.1, -0.05) is 18.2 Å². The van der Waals surface area contributed by atoms with E-state index in [9.17, 15) is 24.0 Å². The largest absolute Gasteiger partial charge is 0.462 e. The van der Waals surface area contributed by atoms with Crippen LogP contribution in [0, 0.1) is 0 Å². The minimum atomic E-state index is -4.45. The zero-order chi connectivity index (χ0) is 29.8. The molecule has 3 aromatic rings. The summed E-state index contributed by atoms with van der Waals surface area (Å²) in [6.07, 6.45) is -3.88. The van der Waals surface area contributed by atoms with Crippen LogP contribution in [-0.4, -0.2) is 87.7 Å². The standard InChI is InChI=1S/C25H33FN5O9P/c1-15(36-3)11-37-24(34)16(2)30-41(35,40-17-7-5-4-6-8-17)38-13-25(12-26)22(33)20(32)21(39-25)18-9-10-19-23(27)28-14-29-31(18)19/h4-10,14-16,20-22,32-33H,11-13H2,1-3H3,(H,30,35)(H2,27,28,29)/t15-,16+,20+,21+,22+,25-,41-/m1/s1. The zero-order valence-corrected chi connectivity index (χ0v) is 23.5. The minimum absolute atomic E-state index is 0.0543. The van der Waals surface area contributed by atoms with Gasteiger partial charge in [-0.15, -0.1) is 0 Å². The second-order valence-electron chi connectivity index (χ2n) is 9.58. The highest BCUT2D eigenvalue weighted by atomic mass is 31.2. The Kier molecular flexibility index (Phi) is 9.59. The summed E-state index contributed by atoms with van der Waals surface area (Å²) in [6, 6.07) is 9.87. The van der Waals surface area contributed by atoms with Crippen LogP contribution in [0.4, 0.5) is 10.2 Å². The minimum Gasteiger partial charge on any atom is -0.462 e. The molecule has 1 aliphatic rings. The first-order chi connectivity index (χ1) is 19.5. The Morgan fingerprint density at radius 2 is 2.00 bits per heavy atom. The van der Waals surface area contributed by atoms with Crippen molar-refractivity contribution in [1.29, 1.82) is 0 Å². The lowest BCUT2D eigenvalue weighted by Crippen LogP contribution is -2.49. The SMILES string of the molecule is CO[C@H](C)COC(=O)[C@H](C)N[P@@](=O)(OC[C@@]1(CF)O[C@@H](c2ccc3c(N)ncnn23)[C@H](O)[C@@H]1O)Oc1ccccc1. The number of aliphatic hydroxyl groups is 2. The number of anilines is 1. The molecule has 1 saturated heterocycles. The molecule has 1 aromatic carbocycles. The highest BCUT2D eigenvalue weighted by molar-refractivity contribution is 7.52. The zero-order valence-electron chi connectivity index (χ0n) is 22.6. The molecule has 0 spiro atoms. The van der Waals surface area contributed by atoms with Gasteiger partial charge >= 0.3 is 13.7 Å². The first-order valence-electron chi connectivity index (χ1n) is 12.7. The number of ether oxygens (including phenoxy) is 3. The maximum absolute atomic E-state index is 14.6. The maximum Gasteiger partial charge on any atom is 0.459 e. The summed E-state index contributed by atoms with van der Waals surface area (Å²) in [5, 5.41) is 28.3. The van der Waals surface area contributed by atoms with Gasteiger partial charge in [-0.05, 0) is 38.1 Å². The summed E-state index contributed by atoms with van der Waals surface area (Å²) in [4.78, 5) is 16.4. The van der Waals surface area contributed by atoms with Crippen LogP contribution in [-0.2, 0) is 28.1 Å². The first kappa shape index (κ1) is 30.8. The Hall–Kier alpha value is -3.17. The number of carbonyl (C=O) groups excluding carboxylic acids is 1. The number of nitrogens with two attached hydrogens (primary N) is 1. The number of rotatable bonds is 13. The van der Waals surface area contributed by atoms with Gasteiger partial charge in [0.15, 0.2) is 5.82 Å². The molecule has 0 radical (unpaired) electrons. The van der Waals surface area contributed by atoms with Crippen LogP contribution < -0.4 is 15.3 Å². The van der Waals surface area contributed by atoms with Crippen molar-refractivity contribution in [3.63, 3.8) is 0 Å². The number of esters is 1. The van der Waals surface area contributed by atoms with E-state index in [1.54, 1.807) is 37.3 Å². The second-order valence-corrected chi connectivity index (χ2v) is 11.3. The molecule has 0 aliphatic carbocycles. The van der Waals surface area contributed by atoms with Crippen molar-refractivity contribution in [2.75, 3.05) is 32.7 Å². The van der Waals surface area contributed by atoms with E-state index in [0.29, 0.717) is 5.52 Å². The van der Waals surface area contributed by atoms with Crippen molar-refractivity contribution in [1.82, 2.24) is 19.7 Å². The predicted molar refractivity (Wildman–Crippen MR) is 143 cm³/mol. The van der Waals surface area contributed by atoms with Crippen molar-refractivity contribution in [3.8, 4) is 5.75 Å². The molecule has 2 aromatic heterocycles. The molecule has 14 nitrogen and oxygen atoms in total. The molecular formula is C25H33FN5O9P. The number of hydrogen-bond acceptors (Lipinski definition) is 12. The molecule has 16 heteroatoms. The van der Waals surface area contributed by atoms with Crippen molar-refractivity contribution in [2.24, 2.45) is 0 Å². The molecule has 0 saturated carbocycles. The number of nitrogens with one attached hydrogen (secondary N) is 1. The van der Waals surface area contributed by atoms with Crippen molar-refractivity contribution in [2.45, 2.75) is 49.9 Å². The van der Waals surface area contributed by atoms with Crippen LogP contribution >= 0.6 is 7.75 Å². The summed E-state index contributed by atoms with van der Waals surface area (Å²) in [6.45, 7) is 0.849. The summed E-state index contributed by atoms with van der Waals surface area (Å²) in [5.41, 5.74) is 4.38. The van der Waals surface area contributed by atoms with E-state index >= 15 is 0 Å². The van der Waals surface area contributed by atoms with E-state index in [4.69, 9.17) is 29.0 Å². The van der Waals surface area contributed by atoms with Gasteiger partial charge in [-0.2, -0.15) is 10.2 Å². The fraction of sp³-hybridized carbons (Fsp3) is 0.480. The van der Waals surface area contributed by atoms with Gasteiger partial charge in [0.1, 0.15) is 60.8 Å². The molecule has 0 bridgehead atoms. The molecule has 41 heavy (non-hydrogen) atoms. The lowest BCUT2D eigenvalue weighted by molar-refractivity contribution is -0.148. The Labute approximate surface area is 235 Å². The van der Waals surface area contributed by atoms with E-state index in [1.165, 1.54) is 37.0 Å². The number of alkyl halides is 1. The molecule has 3 heterocycles. The number of aromatic nitrogens is 3. The van der Waals surface area contributed by atoms with Gasteiger partial charge in [0.05, 0.1) is 18.4 Å². The van der Waals surface area contributed by atoms with Crippen LogP contribution in [0.2, 0.25) is 0 Å². The number of carbonyl (C=O) groups is 1. The lowest BCUT2D eigenvalue weighted by atomic mass is 9.96. The molecule has 0 amide bonds. The number of para-hydroxylation sites is 1. The molecule has 4 rings (SSSR count). The second kappa shape index (κ2) is 12.8. The molecule has 1 aliphatic heterocycles. The van der Waals surface area contributed by atoms with Crippen LogP contribution in [0.1, 0.15) is 25.6 Å². The topological polar surface area (TPSA) is 189 Å². The van der Waals surface area contributed by atoms with E-state index in [2.05, 4.69) is 15.2 Å². The van der Waals surface area contributed by atoms with E-state index < -0.39 is 57.0 Å². The first-order valence-corrected chi connectivity index (χ1v) is 14.2. The van der Waals surface area contributed by atoms with Crippen LogP contribution in [0.25, 0.3) is 5.52 Å². The fourth-order valence-corrected chi connectivity index (χ4v) is 5.70. The highest BCUT2D eigenvalue weighted by Crippen LogP contribution is 2.48. The molecular weight excluding hydrogens is 564 g/mol. The summed E-state index contributed by atoms with van der Waals surface area (Å²) in [5.74, 6) is -0.494. The number of hydrogen-bond donors (Lipinski definition) is 4. The maximum atomic E-state index is 14.6. The third-order valence-corrected chi connectivity index (χ3v) is 8.20. The third-order valence-electron chi connectivity index (χ3n) is 6.58. The van der Waals surface area contributed by atoms with Crippen LogP contribution in [0.15, 0.2) is 48.8 Å². The Balaban J connectivity index is 1.55. The van der Waals surface area contributed by atoms with Crippen molar-refractivity contribution < 1.29 is 47.2 Å². The molecule has 7 atom stereocenters. The number of benzene rings is 1. The van der Waals surface area contributed by atoms with Crippen molar-refractivity contribution in [3.05, 3.63) is 54.5 Å². The molecule has 5 N–H and O–H groups in total. The van der Waals surface area contributed by atoms with Crippen molar-refractivity contribution >= 4 is 25.1 Å². The molecule has 1 fully saturated rings. The summed E-state index contributed by atoms with van der Waals surface area (Å²) < 4.78 is 57.1. The average Bonchev–Trinajstić information content (AvgIpc) is 3.51. The van der Waals surface area contributed by atoms with Gasteiger partial charge in [0.2, 0.25) is 0 Å². The van der Waals surface area contributed by atoms with Gasteiger partial charge in [0, 0.05) is 7.11 Å². The van der Waals surface area contributed by atoms with Gasteiger partial charge in [-0.3, -0.25) is 9.32 Å².